The van der Waals surface area contributed by atoms with Crippen LogP contribution in [0.5, 0.6) is 0 Å². The van der Waals surface area contributed by atoms with Crippen molar-refractivity contribution in [2.45, 2.75) is 305 Å². The highest BCUT2D eigenvalue weighted by molar-refractivity contribution is 8.76. The molecule has 0 radical (unpaired) electrons. The number of amides is 18. The zero-order valence-corrected chi connectivity index (χ0v) is 85.1. The van der Waals surface area contributed by atoms with Crippen LogP contribution in [0.15, 0.2) is 54.6 Å². The second kappa shape index (κ2) is 60.1. The number of hydrogen-bond acceptors (Lipinski definition) is 26. The molecule has 18 amide bonds. The molecule has 0 bridgehead atoms. The molecule has 5 aliphatic rings. The molecule has 7 rings (SSSR count). The number of fused-ring (bicyclic) bond motifs is 1. The van der Waals surface area contributed by atoms with E-state index in [0.717, 1.165) is 21.6 Å². The van der Waals surface area contributed by atoms with Crippen molar-refractivity contribution in [2.75, 3.05) is 81.3 Å². The number of nitrogens with zero attached hydrogens (tertiary/aromatic N) is 4. The van der Waals surface area contributed by atoms with Crippen molar-refractivity contribution < 1.29 is 91.4 Å². The van der Waals surface area contributed by atoms with Gasteiger partial charge in [-0.1, -0.05) is 112 Å². The van der Waals surface area contributed by atoms with E-state index in [-0.39, 0.29) is 178 Å². The van der Waals surface area contributed by atoms with E-state index in [4.69, 9.17) is 39.5 Å². The highest BCUT2D eigenvalue weighted by Gasteiger charge is 2.47. The topological polar surface area (TPSA) is 699 Å². The fraction of sp³-hybridized carbons (Fsp3) is 0.660. The zero-order chi connectivity index (χ0) is 104. The molecule has 17 atom stereocenters. The molecule has 28 N–H and O–H groups in total. The van der Waals surface area contributed by atoms with Gasteiger partial charge in [-0.15, -0.1) is 0 Å². The Labute approximate surface area is 841 Å². The Bertz CT molecular complexity index is 4650. The van der Waals surface area contributed by atoms with Crippen LogP contribution in [-0.2, 0) is 99.1 Å². The number of nitrogens with two attached hydrogens (primary N) is 5. The van der Waals surface area contributed by atoms with E-state index < -0.39 is 227 Å². The number of guanidine groups is 2. The number of aliphatic hydroxyl groups excluding tert-OH is 1. The summed E-state index contributed by atoms with van der Waals surface area (Å²) >= 11 is 1.34. The Balaban J connectivity index is 1.31. The summed E-state index contributed by atoms with van der Waals surface area (Å²) in [6.07, 6.45) is 5.17. The maximum atomic E-state index is 15.7. The average molecular weight is 2040 g/mol. The molecule has 5 fully saturated rings. The number of rotatable bonds is 40. The fourth-order valence-corrected chi connectivity index (χ4v) is 20.4. The maximum Gasteiger partial charge on any atom is 0.246 e. The van der Waals surface area contributed by atoms with Crippen LogP contribution >= 0.6 is 33.3 Å². The lowest BCUT2D eigenvalue weighted by Crippen LogP contribution is -2.61. The highest BCUT2D eigenvalue weighted by Crippen LogP contribution is 2.30. The predicted octanol–water partition coefficient (Wildman–Crippen LogP) is -2.49. The number of nitrogens with one attached hydrogen (secondary N) is 17. The van der Waals surface area contributed by atoms with Crippen molar-refractivity contribution in [2.24, 2.45) is 40.5 Å². The number of unbranched alkanes of at least 4 members (excludes halogenated alkanes) is 3. The van der Waals surface area contributed by atoms with Gasteiger partial charge in [-0.2, -0.15) is 11.8 Å². The van der Waals surface area contributed by atoms with E-state index in [2.05, 4.69) is 79.8 Å². The number of thioether (sulfide) groups is 1. The summed E-state index contributed by atoms with van der Waals surface area (Å²) in [5, 5.41) is 67.3. The summed E-state index contributed by atoms with van der Waals surface area (Å²) in [6.45, 7) is 11.0. The monoisotopic (exact) mass is 2040 g/mol. The molecule has 48 heteroatoms. The van der Waals surface area contributed by atoms with Crippen LogP contribution in [0.3, 0.4) is 0 Å². The van der Waals surface area contributed by atoms with Gasteiger partial charge in [0.05, 0.1) is 6.61 Å². The lowest BCUT2D eigenvalue weighted by Gasteiger charge is -2.33. The van der Waals surface area contributed by atoms with Crippen molar-refractivity contribution in [1.29, 1.82) is 10.8 Å². The molecule has 5 heterocycles. The minimum Gasteiger partial charge on any atom is -0.394 e. The van der Waals surface area contributed by atoms with Gasteiger partial charge >= 0.3 is 0 Å². The molecule has 0 spiro atoms. The minimum atomic E-state index is -1.82. The molecule has 2 aromatic carbocycles. The highest BCUT2D eigenvalue weighted by atomic mass is 33.1. The van der Waals surface area contributed by atoms with Crippen LogP contribution in [0.2, 0.25) is 0 Å². The van der Waals surface area contributed by atoms with Gasteiger partial charge in [0.25, 0.3) is 0 Å². The number of aliphatic hydroxyl groups is 1. The SMILES string of the molecule is CCCC[C@@H]1NC(=O)[C@H](CCCCN)NC(=O)[C@H](CCCNC(=N)N)NC(=O)[C@H](CC(C)C)NC(=O)C(NC(=O)[C@H](CCSC)NC(=O)[C@@H]2CCCN2C(=O)[C@@H](NC(C)=O)C(C)C)CCSSCC(C(=O)N[C@@H](CCCCN)C(=O)N2CCC[C@H]2C(=O)N2CCC[C@H]2C(=O)N[C@@H](Cc2ccc(NC(=N)N)cc2)C(N)=O)NC(=O)[C@H](Cc2ccccc2)NC(=O)[C@H](CO)NC(=O)C(C)NC(=O)[C@@H]2CCCN2C1=O. The van der Waals surface area contributed by atoms with Crippen LogP contribution in [-0.4, -0.2) is 322 Å². The molecule has 3 unspecified atom stereocenters. The fourth-order valence-electron chi connectivity index (χ4n) is 17.7. The Morgan fingerprint density at radius 3 is 1.68 bits per heavy atom. The molecule has 5 saturated heterocycles. The van der Waals surface area contributed by atoms with E-state index in [0.29, 0.717) is 68.2 Å². The first-order valence-electron chi connectivity index (χ1n) is 49.2. The number of primary amides is 1. The van der Waals surface area contributed by atoms with Crippen molar-refractivity contribution >= 4 is 157 Å². The minimum absolute atomic E-state index is 0.0169. The Kier molecular flexibility index (Phi) is 49.6. The molecule has 788 valence electrons. The number of carbonyl (C=O) groups is 18. The molecule has 0 aliphatic carbocycles. The van der Waals surface area contributed by atoms with Crippen LogP contribution in [0, 0.1) is 22.7 Å². The summed E-state index contributed by atoms with van der Waals surface area (Å²) in [5.41, 5.74) is 30.6. The van der Waals surface area contributed by atoms with Crippen LogP contribution < -0.4 is 108 Å². The van der Waals surface area contributed by atoms with E-state index >= 15 is 38.4 Å². The molecule has 142 heavy (non-hydrogen) atoms. The summed E-state index contributed by atoms with van der Waals surface area (Å²) < 4.78 is 0. The van der Waals surface area contributed by atoms with Crippen molar-refractivity contribution in [1.82, 2.24) is 94.0 Å². The first-order chi connectivity index (χ1) is 67.7. The normalized spacial score (nSPS) is 23.9. The first-order valence-corrected chi connectivity index (χ1v) is 53.1. The first kappa shape index (κ1) is 117. The van der Waals surface area contributed by atoms with E-state index in [1.54, 1.807) is 88.5 Å². The second-order valence-electron chi connectivity index (χ2n) is 37.3. The van der Waals surface area contributed by atoms with Crippen LogP contribution in [0.25, 0.3) is 0 Å². The molecule has 2 aromatic rings. The van der Waals surface area contributed by atoms with Gasteiger partial charge in [0.2, 0.25) is 106 Å². The second-order valence-corrected chi connectivity index (χ2v) is 40.9. The van der Waals surface area contributed by atoms with Crippen molar-refractivity contribution in [3.8, 4) is 0 Å². The van der Waals surface area contributed by atoms with Crippen molar-refractivity contribution in [3.63, 3.8) is 0 Å². The summed E-state index contributed by atoms with van der Waals surface area (Å²) in [4.78, 5) is 270. The quantitative estimate of drug-likeness (QED) is 0.0142. The standard InChI is InChI=1S/C94H150N26O19S3/c1-9-10-25-64-89(136)117-42-19-29-71(117)86(133)103-55(6)77(124)115-69(51-121)84(131)114-68(50-57-23-12-11-13-24-57)83(130)116-70(85(132)111-65(27-15-17-40-96)90(137)120-45-22-32-74(120)91(138)118-43-20-30-72(118)88(135)112-66(76(97)123)49-58-33-35-59(36-34-58)105-94(100)101)52-142-141-47-38-63(108-80(127)62(37-46-140-8)109-87(134)73-31-21-44-119(73)92(139)75(54(4)5)104-56(7)122)81(128)113-67(48-53(2)3)82(129)107-61(28-18-41-102-93(98)99)78(125)106-60(79(126)110-64)26-14-16-39-95/h11-13,23-24,33-36,53-55,60-75,121H,9-10,14-22,25-32,37-52,95-96H2,1-8H3,(H2,97,123)(H,103,133)(H,104,122)(H,106,125)(H,107,129)(H,108,127)(H,109,134)(H,110,126)(H,111,132)(H,112,135)(H,113,128)(H,114,131)(H,115,124)(H,116,130)(H4,98,99,102)(H4,100,101,105)/t55?,60-,61-,62-,63?,64-,65-,66-,67-,68-,69-,70?,71-,72-,73-,74-,75-/m0/s1. The molecule has 0 saturated carbocycles. The number of likely N-dealkylation sites (tertiary alicyclic amines) is 3. The molecular weight excluding hydrogens is 1890 g/mol. The lowest BCUT2D eigenvalue weighted by atomic mass is 10.0. The number of anilines is 1. The van der Waals surface area contributed by atoms with Gasteiger partial charge in [0.15, 0.2) is 11.9 Å². The number of carbonyl (C=O) groups excluding carboxylic acids is 18. The van der Waals surface area contributed by atoms with Crippen molar-refractivity contribution in [3.05, 3.63) is 65.7 Å². The third-order valence-electron chi connectivity index (χ3n) is 25.3. The predicted molar refractivity (Wildman–Crippen MR) is 539 cm³/mol. The molecule has 5 aliphatic heterocycles. The van der Waals surface area contributed by atoms with E-state index in [9.17, 15) is 53.1 Å². The average Bonchev–Trinajstić information content (AvgIpc) is 1.65. The molecule has 0 aromatic heterocycles. The third kappa shape index (κ3) is 37.0. The van der Waals surface area contributed by atoms with Gasteiger partial charge < -0.3 is 133 Å². The Hall–Kier alpha value is -11.6. The molecular formula is C94H150N26O19S3. The maximum absolute atomic E-state index is 15.7. The van der Waals surface area contributed by atoms with E-state index in [1.165, 1.54) is 45.2 Å². The Morgan fingerprint density at radius 2 is 1.08 bits per heavy atom. The Morgan fingerprint density at radius 1 is 0.535 bits per heavy atom. The third-order valence-corrected chi connectivity index (χ3v) is 28.4. The van der Waals surface area contributed by atoms with Gasteiger partial charge in [0.1, 0.15) is 103 Å². The zero-order valence-electron chi connectivity index (χ0n) is 82.6. The number of hydrogen-bond donors (Lipinski definition) is 23. The smallest absolute Gasteiger partial charge is 0.246 e. The summed E-state index contributed by atoms with van der Waals surface area (Å²) in [6, 6.07) is -8.57. The lowest BCUT2D eigenvalue weighted by molar-refractivity contribution is -0.148. The largest absolute Gasteiger partial charge is 0.394 e. The van der Waals surface area contributed by atoms with Gasteiger partial charge in [-0.05, 0) is 196 Å². The van der Waals surface area contributed by atoms with Crippen LogP contribution in [0.1, 0.15) is 201 Å². The van der Waals surface area contributed by atoms with Gasteiger partial charge in [-0.3, -0.25) is 97.1 Å². The summed E-state index contributed by atoms with van der Waals surface area (Å²) in [5.74, 6) is -16.1. The van der Waals surface area contributed by atoms with Gasteiger partial charge in [0, 0.05) is 69.7 Å². The molecule has 45 nitrogen and oxygen atoms in total. The van der Waals surface area contributed by atoms with Crippen LogP contribution in [0.4, 0.5) is 5.69 Å². The number of benzene rings is 2. The van der Waals surface area contributed by atoms with Gasteiger partial charge in [-0.25, -0.2) is 0 Å². The summed E-state index contributed by atoms with van der Waals surface area (Å²) in [7, 11) is 1.99. The van der Waals surface area contributed by atoms with E-state index in [1.807, 2.05) is 6.92 Å².